The van der Waals surface area contributed by atoms with Gasteiger partial charge in [0.15, 0.2) is 0 Å². The molecule has 1 amide bonds. The van der Waals surface area contributed by atoms with E-state index < -0.39 is 0 Å². The van der Waals surface area contributed by atoms with Gasteiger partial charge in [-0.3, -0.25) is 9.78 Å². The van der Waals surface area contributed by atoms with Gasteiger partial charge in [0.25, 0.3) is 5.91 Å². The Morgan fingerprint density at radius 3 is 2.62 bits per heavy atom. The van der Waals surface area contributed by atoms with Crippen LogP contribution in [0.15, 0.2) is 18.3 Å². The highest BCUT2D eigenvalue weighted by Gasteiger charge is 2.20. The second-order valence-electron chi connectivity index (χ2n) is 5.97. The van der Waals surface area contributed by atoms with Crippen molar-refractivity contribution < 1.29 is 4.79 Å². The topological polar surface area (TPSA) is 54.0 Å². The summed E-state index contributed by atoms with van der Waals surface area (Å²) in [5, 5.41) is 6.24. The molecule has 0 unspecified atom stereocenters. The van der Waals surface area contributed by atoms with Crippen LogP contribution in [-0.4, -0.2) is 24.0 Å². The Labute approximate surface area is 127 Å². The van der Waals surface area contributed by atoms with Gasteiger partial charge in [-0.05, 0) is 43.7 Å². The van der Waals surface area contributed by atoms with E-state index in [0.29, 0.717) is 11.6 Å². The van der Waals surface area contributed by atoms with Crippen LogP contribution in [0.5, 0.6) is 0 Å². The van der Waals surface area contributed by atoms with Crippen LogP contribution < -0.4 is 10.6 Å². The van der Waals surface area contributed by atoms with Crippen LogP contribution in [-0.2, 0) is 0 Å². The maximum absolute atomic E-state index is 12.2. The van der Waals surface area contributed by atoms with Crippen molar-refractivity contribution in [3.05, 3.63) is 24.0 Å². The molecule has 1 aromatic rings. The molecule has 0 radical (unpaired) electrons. The van der Waals surface area contributed by atoms with E-state index >= 15 is 0 Å². The smallest absolute Gasteiger partial charge is 0.269 e. The predicted octanol–water partition coefficient (Wildman–Crippen LogP) is 3.46. The van der Waals surface area contributed by atoms with Gasteiger partial charge in [0.2, 0.25) is 0 Å². The first kappa shape index (κ1) is 15.8. The van der Waals surface area contributed by atoms with Gasteiger partial charge in [0.05, 0.1) is 0 Å². The molecule has 2 rings (SSSR count). The molecule has 0 spiro atoms. The molecule has 116 valence electrons. The van der Waals surface area contributed by atoms with Crippen molar-refractivity contribution in [2.45, 2.75) is 46.0 Å². The molecule has 1 aliphatic rings. The van der Waals surface area contributed by atoms with Crippen molar-refractivity contribution >= 4 is 11.6 Å². The van der Waals surface area contributed by atoms with Gasteiger partial charge in [0, 0.05) is 25.0 Å². The molecule has 1 fully saturated rings. The number of hydrogen-bond acceptors (Lipinski definition) is 3. The van der Waals surface area contributed by atoms with Gasteiger partial charge >= 0.3 is 0 Å². The molecule has 2 N–H and O–H groups in total. The van der Waals surface area contributed by atoms with Crippen molar-refractivity contribution in [3.8, 4) is 0 Å². The molecule has 1 heterocycles. The molecule has 0 saturated heterocycles. The van der Waals surface area contributed by atoms with E-state index in [1.54, 1.807) is 6.20 Å². The molecule has 1 aliphatic carbocycles. The fourth-order valence-corrected chi connectivity index (χ4v) is 3.04. The zero-order chi connectivity index (χ0) is 15.1. The third kappa shape index (κ3) is 4.73. The van der Waals surface area contributed by atoms with Gasteiger partial charge in [-0.2, -0.15) is 0 Å². The van der Waals surface area contributed by atoms with E-state index in [2.05, 4.69) is 22.5 Å². The van der Waals surface area contributed by atoms with Crippen molar-refractivity contribution in [1.29, 1.82) is 0 Å². The number of anilines is 1. The van der Waals surface area contributed by atoms with Gasteiger partial charge in [-0.25, -0.2) is 0 Å². The number of amides is 1. The van der Waals surface area contributed by atoms with Crippen LogP contribution in [0.2, 0.25) is 0 Å². The molecule has 0 bridgehead atoms. The predicted molar refractivity (Wildman–Crippen MR) is 86.5 cm³/mol. The van der Waals surface area contributed by atoms with Crippen LogP contribution >= 0.6 is 0 Å². The molecule has 21 heavy (non-hydrogen) atoms. The minimum Gasteiger partial charge on any atom is -0.385 e. The third-order valence-electron chi connectivity index (χ3n) is 4.47. The Morgan fingerprint density at radius 1 is 1.24 bits per heavy atom. The normalized spacial score (nSPS) is 21.8. The van der Waals surface area contributed by atoms with Crippen LogP contribution in [0.1, 0.15) is 56.4 Å². The zero-order valence-corrected chi connectivity index (χ0v) is 13.2. The molecule has 0 atom stereocenters. The summed E-state index contributed by atoms with van der Waals surface area (Å²) >= 11 is 0. The van der Waals surface area contributed by atoms with Crippen LogP contribution in [0, 0.1) is 11.8 Å². The van der Waals surface area contributed by atoms with Crippen LogP contribution in [0.4, 0.5) is 5.69 Å². The summed E-state index contributed by atoms with van der Waals surface area (Å²) in [6.07, 6.45) is 8.07. The lowest BCUT2D eigenvalue weighted by molar-refractivity contribution is 0.0936. The van der Waals surface area contributed by atoms with Gasteiger partial charge in [-0.15, -0.1) is 0 Å². The number of aromatic nitrogens is 1. The molecule has 0 aromatic carbocycles. The second kappa shape index (κ2) is 8.01. The number of nitrogens with one attached hydrogen (secondary N) is 2. The lowest BCUT2D eigenvalue weighted by Crippen LogP contribution is -2.31. The number of pyridine rings is 1. The number of carbonyl (C=O) groups is 1. The fraction of sp³-hybridized carbons (Fsp3) is 0.647. The quantitative estimate of drug-likeness (QED) is 0.843. The SMILES string of the molecule is CCNc1ccnc(C(=O)NCC2CCC(CC)CC2)c1. The largest absolute Gasteiger partial charge is 0.385 e. The number of hydrogen-bond donors (Lipinski definition) is 2. The number of carbonyl (C=O) groups excluding carboxylic acids is 1. The first-order valence-corrected chi connectivity index (χ1v) is 8.21. The van der Waals surface area contributed by atoms with E-state index in [1.165, 1.54) is 32.1 Å². The Morgan fingerprint density at radius 2 is 1.95 bits per heavy atom. The van der Waals surface area contributed by atoms with E-state index in [1.807, 2.05) is 19.1 Å². The van der Waals surface area contributed by atoms with Crippen molar-refractivity contribution in [1.82, 2.24) is 10.3 Å². The first-order valence-electron chi connectivity index (χ1n) is 8.21. The summed E-state index contributed by atoms with van der Waals surface area (Å²) in [5.74, 6) is 1.47. The van der Waals surface area contributed by atoms with E-state index in [0.717, 1.165) is 24.7 Å². The molecule has 4 nitrogen and oxygen atoms in total. The van der Waals surface area contributed by atoms with Crippen LogP contribution in [0.25, 0.3) is 0 Å². The summed E-state index contributed by atoms with van der Waals surface area (Å²) in [5.41, 5.74) is 1.44. The highest BCUT2D eigenvalue weighted by molar-refractivity contribution is 5.93. The van der Waals surface area contributed by atoms with Crippen molar-refractivity contribution in [2.24, 2.45) is 11.8 Å². The van der Waals surface area contributed by atoms with Crippen LogP contribution in [0.3, 0.4) is 0 Å². The Balaban J connectivity index is 1.80. The molecule has 1 saturated carbocycles. The van der Waals surface area contributed by atoms with Crippen molar-refractivity contribution in [2.75, 3.05) is 18.4 Å². The van der Waals surface area contributed by atoms with Gasteiger partial charge in [0.1, 0.15) is 5.69 Å². The second-order valence-corrected chi connectivity index (χ2v) is 5.97. The van der Waals surface area contributed by atoms with Gasteiger partial charge < -0.3 is 10.6 Å². The zero-order valence-electron chi connectivity index (χ0n) is 13.2. The maximum Gasteiger partial charge on any atom is 0.269 e. The minimum absolute atomic E-state index is 0.0626. The summed E-state index contributed by atoms with van der Waals surface area (Å²) in [6.45, 7) is 5.93. The van der Waals surface area contributed by atoms with E-state index in [9.17, 15) is 4.79 Å². The summed E-state index contributed by atoms with van der Waals surface area (Å²) in [7, 11) is 0. The number of rotatable bonds is 6. The number of nitrogens with zero attached hydrogens (tertiary/aromatic N) is 1. The average Bonchev–Trinajstić information content (AvgIpc) is 2.53. The monoisotopic (exact) mass is 289 g/mol. The lowest BCUT2D eigenvalue weighted by atomic mass is 9.81. The molecular weight excluding hydrogens is 262 g/mol. The Hall–Kier alpha value is -1.58. The highest BCUT2D eigenvalue weighted by atomic mass is 16.1. The maximum atomic E-state index is 12.2. The third-order valence-corrected chi connectivity index (χ3v) is 4.47. The molecular formula is C17H27N3O. The Bertz CT molecular complexity index is 453. The summed E-state index contributed by atoms with van der Waals surface area (Å²) in [4.78, 5) is 16.3. The Kier molecular flexibility index (Phi) is 6.03. The average molecular weight is 289 g/mol. The molecule has 4 heteroatoms. The standard InChI is InChI=1S/C17H27N3O/c1-3-13-5-7-14(8-6-13)12-20-17(21)16-11-15(18-4-2)9-10-19-16/h9-11,13-14H,3-8,12H2,1-2H3,(H,18,19)(H,20,21). The van der Waals surface area contributed by atoms with E-state index in [4.69, 9.17) is 0 Å². The highest BCUT2D eigenvalue weighted by Crippen LogP contribution is 2.30. The molecule has 0 aliphatic heterocycles. The minimum atomic E-state index is -0.0626. The summed E-state index contributed by atoms with van der Waals surface area (Å²) < 4.78 is 0. The fourth-order valence-electron chi connectivity index (χ4n) is 3.04. The van der Waals surface area contributed by atoms with E-state index in [-0.39, 0.29) is 5.91 Å². The first-order chi connectivity index (χ1) is 10.2. The summed E-state index contributed by atoms with van der Waals surface area (Å²) in [6, 6.07) is 3.69. The lowest BCUT2D eigenvalue weighted by Gasteiger charge is -2.27. The van der Waals surface area contributed by atoms with Crippen molar-refractivity contribution in [3.63, 3.8) is 0 Å². The molecule has 1 aromatic heterocycles. The van der Waals surface area contributed by atoms with Gasteiger partial charge in [-0.1, -0.05) is 26.2 Å².